The number of nitrogens with zero attached hydrogens (tertiary/aromatic N) is 1. The first-order chi connectivity index (χ1) is 7.73. The van der Waals surface area contributed by atoms with Crippen molar-refractivity contribution < 1.29 is 0 Å². The Morgan fingerprint density at radius 3 is 1.59 bits per heavy atom. The largest absolute Gasteiger partial charge is 0.298 e. The van der Waals surface area contributed by atoms with E-state index < -0.39 is 0 Å². The van der Waals surface area contributed by atoms with Gasteiger partial charge in [0, 0.05) is 5.54 Å². The van der Waals surface area contributed by atoms with Crippen LogP contribution >= 0.6 is 0 Å². The summed E-state index contributed by atoms with van der Waals surface area (Å²) in [5, 5.41) is 0. The van der Waals surface area contributed by atoms with E-state index in [1.807, 2.05) is 0 Å². The summed E-state index contributed by atoms with van der Waals surface area (Å²) < 4.78 is 0. The summed E-state index contributed by atoms with van der Waals surface area (Å²) in [6.07, 6.45) is 8.41. The molecule has 1 saturated heterocycles. The average molecular weight is 237 g/mol. The van der Waals surface area contributed by atoms with Crippen LogP contribution in [0.3, 0.4) is 0 Å². The van der Waals surface area contributed by atoms with Crippen LogP contribution in [0.1, 0.15) is 73.1 Å². The highest BCUT2D eigenvalue weighted by atomic mass is 15.2. The number of hydrogen-bond acceptors (Lipinski definition) is 1. The molecule has 2 aliphatic rings. The molecule has 1 heteroatoms. The monoisotopic (exact) mass is 237 g/mol. The van der Waals surface area contributed by atoms with Crippen LogP contribution in [0.25, 0.3) is 0 Å². The summed E-state index contributed by atoms with van der Waals surface area (Å²) in [6, 6.07) is 0. The molecule has 100 valence electrons. The maximum atomic E-state index is 2.80. The standard InChI is InChI=1S/C16H31N/c1-14(2)11-15(3,4)13-16(5,12-14)17-9-7-6-8-10-17/h6-13H2,1-5H3. The van der Waals surface area contributed by atoms with Crippen LogP contribution in [0.4, 0.5) is 0 Å². The van der Waals surface area contributed by atoms with Gasteiger partial charge in [0.1, 0.15) is 0 Å². The fourth-order valence-electron chi connectivity index (χ4n) is 5.20. The third kappa shape index (κ3) is 3.05. The summed E-state index contributed by atoms with van der Waals surface area (Å²) in [7, 11) is 0. The van der Waals surface area contributed by atoms with Crippen molar-refractivity contribution in [3.63, 3.8) is 0 Å². The first-order valence-electron chi connectivity index (χ1n) is 7.48. The quantitative estimate of drug-likeness (QED) is 0.650. The Kier molecular flexibility index (Phi) is 3.36. The van der Waals surface area contributed by atoms with Crippen LogP contribution in [-0.4, -0.2) is 23.5 Å². The molecule has 0 bridgehead atoms. The number of piperidine rings is 1. The van der Waals surface area contributed by atoms with Crippen LogP contribution < -0.4 is 0 Å². The van der Waals surface area contributed by atoms with E-state index in [1.165, 1.54) is 51.6 Å². The van der Waals surface area contributed by atoms with E-state index in [0.29, 0.717) is 16.4 Å². The fraction of sp³-hybridized carbons (Fsp3) is 1.00. The summed E-state index contributed by atoms with van der Waals surface area (Å²) in [5.74, 6) is 0. The molecule has 1 aliphatic heterocycles. The maximum absolute atomic E-state index is 2.80. The maximum Gasteiger partial charge on any atom is 0.0191 e. The van der Waals surface area contributed by atoms with Crippen molar-refractivity contribution in [2.75, 3.05) is 13.1 Å². The summed E-state index contributed by atoms with van der Waals surface area (Å²) in [5.41, 5.74) is 1.47. The van der Waals surface area contributed by atoms with Crippen molar-refractivity contribution >= 4 is 0 Å². The topological polar surface area (TPSA) is 3.24 Å². The normalized spacial score (nSPS) is 32.3. The molecule has 1 aliphatic carbocycles. The van der Waals surface area contributed by atoms with Crippen LogP contribution in [-0.2, 0) is 0 Å². The first kappa shape index (κ1) is 13.4. The van der Waals surface area contributed by atoms with Gasteiger partial charge < -0.3 is 0 Å². The van der Waals surface area contributed by atoms with Gasteiger partial charge in [0.2, 0.25) is 0 Å². The van der Waals surface area contributed by atoms with Gasteiger partial charge in [-0.3, -0.25) is 4.90 Å². The molecule has 1 nitrogen and oxygen atoms in total. The van der Waals surface area contributed by atoms with Crippen LogP contribution in [0, 0.1) is 10.8 Å². The molecule has 1 heterocycles. The second kappa shape index (κ2) is 4.26. The predicted molar refractivity (Wildman–Crippen MR) is 75.2 cm³/mol. The minimum absolute atomic E-state index is 0.450. The van der Waals surface area contributed by atoms with Crippen LogP contribution in [0.15, 0.2) is 0 Å². The van der Waals surface area contributed by atoms with Crippen molar-refractivity contribution in [3.05, 3.63) is 0 Å². The third-order valence-corrected chi connectivity index (χ3v) is 4.80. The molecule has 0 aromatic rings. The van der Waals surface area contributed by atoms with Gasteiger partial charge in [-0.2, -0.15) is 0 Å². The van der Waals surface area contributed by atoms with Gasteiger partial charge in [0.05, 0.1) is 0 Å². The van der Waals surface area contributed by atoms with Gasteiger partial charge in [-0.15, -0.1) is 0 Å². The number of likely N-dealkylation sites (tertiary alicyclic amines) is 1. The van der Waals surface area contributed by atoms with Crippen molar-refractivity contribution in [1.82, 2.24) is 4.90 Å². The Morgan fingerprint density at radius 2 is 1.12 bits per heavy atom. The van der Waals surface area contributed by atoms with E-state index in [2.05, 4.69) is 39.5 Å². The molecule has 0 spiro atoms. The van der Waals surface area contributed by atoms with Gasteiger partial charge in [-0.05, 0) is 62.9 Å². The average Bonchev–Trinajstić information content (AvgIpc) is 2.13. The minimum atomic E-state index is 0.450. The summed E-state index contributed by atoms with van der Waals surface area (Å²) >= 11 is 0. The lowest BCUT2D eigenvalue weighted by Gasteiger charge is -2.56. The van der Waals surface area contributed by atoms with Gasteiger partial charge in [-0.25, -0.2) is 0 Å². The molecular formula is C16H31N. The Balaban J connectivity index is 2.17. The highest BCUT2D eigenvalue weighted by Crippen LogP contribution is 2.52. The molecule has 0 N–H and O–H groups in total. The first-order valence-corrected chi connectivity index (χ1v) is 7.48. The van der Waals surface area contributed by atoms with E-state index in [4.69, 9.17) is 0 Å². The van der Waals surface area contributed by atoms with Gasteiger partial charge >= 0.3 is 0 Å². The second-order valence-electron chi connectivity index (χ2n) is 8.40. The molecule has 0 unspecified atom stereocenters. The van der Waals surface area contributed by atoms with Gasteiger partial charge in [0.25, 0.3) is 0 Å². The van der Waals surface area contributed by atoms with Crippen molar-refractivity contribution in [2.45, 2.75) is 78.7 Å². The summed E-state index contributed by atoms with van der Waals surface area (Å²) in [4.78, 5) is 2.80. The number of hydrogen-bond donors (Lipinski definition) is 0. The lowest BCUT2D eigenvalue weighted by atomic mass is 9.58. The molecule has 0 atom stereocenters. The van der Waals surface area contributed by atoms with Gasteiger partial charge in [-0.1, -0.05) is 34.1 Å². The molecular weight excluding hydrogens is 206 g/mol. The fourth-order valence-corrected chi connectivity index (χ4v) is 5.20. The highest BCUT2D eigenvalue weighted by Gasteiger charge is 2.47. The minimum Gasteiger partial charge on any atom is -0.298 e. The van der Waals surface area contributed by atoms with E-state index in [0.717, 1.165) is 0 Å². The molecule has 2 rings (SSSR count). The molecule has 1 saturated carbocycles. The zero-order chi connectivity index (χ0) is 12.7. The predicted octanol–water partition coefficient (Wildman–Crippen LogP) is 4.47. The molecule has 17 heavy (non-hydrogen) atoms. The Hall–Kier alpha value is -0.0400. The SMILES string of the molecule is CC1(C)CC(C)(C)CC(C)(N2CCCCC2)C1. The highest BCUT2D eigenvalue weighted by molar-refractivity contribution is 5.01. The zero-order valence-electron chi connectivity index (χ0n) is 12.6. The van der Waals surface area contributed by atoms with E-state index in [9.17, 15) is 0 Å². The lowest BCUT2D eigenvalue weighted by molar-refractivity contribution is -0.0452. The zero-order valence-corrected chi connectivity index (χ0v) is 12.6. The van der Waals surface area contributed by atoms with Crippen molar-refractivity contribution in [2.24, 2.45) is 10.8 Å². The third-order valence-electron chi connectivity index (χ3n) is 4.80. The van der Waals surface area contributed by atoms with Crippen LogP contribution in [0.2, 0.25) is 0 Å². The van der Waals surface area contributed by atoms with E-state index >= 15 is 0 Å². The Morgan fingerprint density at radius 1 is 0.647 bits per heavy atom. The smallest absolute Gasteiger partial charge is 0.0191 e. The second-order valence-corrected chi connectivity index (χ2v) is 8.40. The van der Waals surface area contributed by atoms with Crippen LogP contribution in [0.5, 0.6) is 0 Å². The van der Waals surface area contributed by atoms with Gasteiger partial charge in [0.15, 0.2) is 0 Å². The van der Waals surface area contributed by atoms with E-state index in [1.54, 1.807) is 0 Å². The Labute approximate surface area is 108 Å². The molecule has 0 radical (unpaired) electrons. The van der Waals surface area contributed by atoms with Crippen molar-refractivity contribution in [1.29, 1.82) is 0 Å². The van der Waals surface area contributed by atoms with E-state index in [-0.39, 0.29) is 0 Å². The number of rotatable bonds is 1. The van der Waals surface area contributed by atoms with Crippen molar-refractivity contribution in [3.8, 4) is 0 Å². The molecule has 0 aromatic heterocycles. The lowest BCUT2D eigenvalue weighted by Crippen LogP contribution is -2.56. The summed E-state index contributed by atoms with van der Waals surface area (Å²) in [6.45, 7) is 15.1. The molecule has 2 fully saturated rings. The molecule has 0 amide bonds. The Bertz CT molecular complexity index is 255. The molecule has 0 aromatic carbocycles.